The van der Waals surface area contributed by atoms with E-state index in [-0.39, 0.29) is 18.4 Å². The third kappa shape index (κ3) is 3.23. The molecule has 4 rings (SSSR count). The number of carbonyl (C=O) groups excluding carboxylic acids is 1. The first-order chi connectivity index (χ1) is 12.6. The Balaban J connectivity index is 1.44. The van der Waals surface area contributed by atoms with Crippen molar-refractivity contribution in [1.82, 2.24) is 24.9 Å². The van der Waals surface area contributed by atoms with Gasteiger partial charge in [-0.15, -0.1) is 0 Å². The van der Waals surface area contributed by atoms with Crippen LogP contribution >= 0.6 is 11.3 Å². The van der Waals surface area contributed by atoms with E-state index in [4.69, 9.17) is 4.42 Å². The lowest BCUT2D eigenvalue weighted by Gasteiger charge is -2.10. The summed E-state index contributed by atoms with van der Waals surface area (Å²) >= 11 is 1.46. The first-order valence-electron chi connectivity index (χ1n) is 8.20. The number of nitrogens with one attached hydrogen (secondary N) is 1. The Morgan fingerprint density at radius 1 is 1.31 bits per heavy atom. The number of rotatable bonds is 5. The molecular weight excluding hydrogens is 350 g/mol. The normalized spacial score (nSPS) is 12.4. The summed E-state index contributed by atoms with van der Waals surface area (Å²) in [6.45, 7) is 3.72. The van der Waals surface area contributed by atoms with Crippen molar-refractivity contribution < 1.29 is 9.21 Å². The van der Waals surface area contributed by atoms with Gasteiger partial charge >= 0.3 is 0 Å². The van der Waals surface area contributed by atoms with E-state index in [2.05, 4.69) is 20.4 Å². The lowest BCUT2D eigenvalue weighted by atomic mass is 10.2. The Hall–Kier alpha value is -3.00. The zero-order chi connectivity index (χ0) is 18.1. The van der Waals surface area contributed by atoms with Crippen LogP contribution in [0.2, 0.25) is 0 Å². The van der Waals surface area contributed by atoms with Crippen molar-refractivity contribution >= 4 is 22.2 Å². The van der Waals surface area contributed by atoms with Crippen LogP contribution in [0.5, 0.6) is 0 Å². The van der Waals surface area contributed by atoms with Crippen LogP contribution in [0.1, 0.15) is 30.1 Å². The first-order valence-corrected chi connectivity index (χ1v) is 9.08. The molecule has 0 bridgehead atoms. The molecular formula is C18H17N5O2S. The average Bonchev–Trinajstić information content (AvgIpc) is 3.31. The minimum atomic E-state index is -0.211. The molecule has 0 saturated heterocycles. The van der Waals surface area contributed by atoms with Crippen LogP contribution < -0.4 is 5.32 Å². The van der Waals surface area contributed by atoms with E-state index in [9.17, 15) is 4.79 Å². The summed E-state index contributed by atoms with van der Waals surface area (Å²) in [4.78, 5) is 22.1. The van der Waals surface area contributed by atoms with Crippen LogP contribution in [0.15, 0.2) is 46.5 Å². The molecule has 0 aliphatic carbocycles. The molecule has 0 aliphatic rings. The minimum absolute atomic E-state index is 0.127. The van der Waals surface area contributed by atoms with Gasteiger partial charge < -0.3 is 9.73 Å². The molecule has 3 aromatic heterocycles. The number of carbonyl (C=O) groups is 1. The fraction of sp³-hybridized carbons (Fsp3) is 0.222. The standard InChI is InChI=1S/C18H17N5O2S/c1-11(15-9-23-18(22-15)26-10-19-23)20-16(24)8-14-12(2)25-17(21-14)13-6-4-3-5-7-13/h3-7,9-11H,8H2,1-2H3,(H,20,24)/t11-/m1/s1. The lowest BCUT2D eigenvalue weighted by Crippen LogP contribution is -2.28. The molecule has 132 valence electrons. The largest absolute Gasteiger partial charge is 0.441 e. The Morgan fingerprint density at radius 2 is 2.12 bits per heavy atom. The summed E-state index contributed by atoms with van der Waals surface area (Å²) in [6.07, 6.45) is 1.98. The summed E-state index contributed by atoms with van der Waals surface area (Å²) in [6, 6.07) is 9.42. The molecule has 1 amide bonds. The second-order valence-electron chi connectivity index (χ2n) is 5.99. The number of amides is 1. The van der Waals surface area contributed by atoms with E-state index in [0.717, 1.165) is 16.2 Å². The molecule has 0 fully saturated rings. The van der Waals surface area contributed by atoms with Gasteiger partial charge in [0.1, 0.15) is 11.3 Å². The third-order valence-corrected chi connectivity index (χ3v) is 4.76. The van der Waals surface area contributed by atoms with Crippen molar-refractivity contribution in [2.24, 2.45) is 0 Å². The highest BCUT2D eigenvalue weighted by atomic mass is 32.1. The van der Waals surface area contributed by atoms with Gasteiger partial charge in [-0.05, 0) is 26.0 Å². The molecule has 4 aromatic rings. The van der Waals surface area contributed by atoms with Crippen LogP contribution in [-0.4, -0.2) is 25.5 Å². The molecule has 3 heterocycles. The van der Waals surface area contributed by atoms with E-state index in [1.807, 2.05) is 50.4 Å². The Morgan fingerprint density at radius 3 is 2.88 bits per heavy atom. The van der Waals surface area contributed by atoms with Crippen LogP contribution in [0, 0.1) is 6.92 Å². The molecule has 26 heavy (non-hydrogen) atoms. The quantitative estimate of drug-likeness (QED) is 0.585. The zero-order valence-electron chi connectivity index (χ0n) is 14.3. The number of hydrogen-bond donors (Lipinski definition) is 1. The molecule has 0 spiro atoms. The third-order valence-electron chi connectivity index (χ3n) is 4.07. The highest BCUT2D eigenvalue weighted by Gasteiger charge is 2.18. The van der Waals surface area contributed by atoms with Crippen molar-refractivity contribution in [3.63, 3.8) is 0 Å². The van der Waals surface area contributed by atoms with Crippen molar-refractivity contribution in [1.29, 1.82) is 0 Å². The van der Waals surface area contributed by atoms with Crippen LogP contribution in [0.3, 0.4) is 0 Å². The summed E-state index contributed by atoms with van der Waals surface area (Å²) in [7, 11) is 0. The highest BCUT2D eigenvalue weighted by Crippen LogP contribution is 2.22. The first kappa shape index (κ1) is 16.5. The van der Waals surface area contributed by atoms with Crippen molar-refractivity contribution in [3.05, 3.63) is 59.2 Å². The average molecular weight is 367 g/mol. The van der Waals surface area contributed by atoms with Crippen molar-refractivity contribution in [3.8, 4) is 11.5 Å². The summed E-state index contributed by atoms with van der Waals surface area (Å²) in [5.41, 5.74) is 4.04. The number of aryl methyl sites for hydroxylation is 1. The number of oxazole rings is 1. The Labute approximate surface area is 153 Å². The second-order valence-corrected chi connectivity index (χ2v) is 6.80. The predicted molar refractivity (Wildman–Crippen MR) is 97.8 cm³/mol. The maximum absolute atomic E-state index is 12.4. The molecule has 0 unspecified atom stereocenters. The van der Waals surface area contributed by atoms with E-state index < -0.39 is 0 Å². The smallest absolute Gasteiger partial charge is 0.226 e. The van der Waals surface area contributed by atoms with E-state index >= 15 is 0 Å². The van der Waals surface area contributed by atoms with Gasteiger partial charge in [-0.1, -0.05) is 29.5 Å². The van der Waals surface area contributed by atoms with Gasteiger partial charge in [0.15, 0.2) is 0 Å². The van der Waals surface area contributed by atoms with Crippen molar-refractivity contribution in [2.75, 3.05) is 0 Å². The van der Waals surface area contributed by atoms with Gasteiger partial charge in [0.25, 0.3) is 0 Å². The predicted octanol–water partition coefficient (Wildman–Crippen LogP) is 3.17. The maximum Gasteiger partial charge on any atom is 0.226 e. The summed E-state index contributed by atoms with van der Waals surface area (Å²) in [5.74, 6) is 1.05. The molecule has 1 atom stereocenters. The summed E-state index contributed by atoms with van der Waals surface area (Å²) in [5, 5.41) is 7.10. The molecule has 7 nitrogen and oxygen atoms in total. The maximum atomic E-state index is 12.4. The Kier molecular flexibility index (Phi) is 4.26. The fourth-order valence-corrected chi connectivity index (χ4v) is 3.29. The fourth-order valence-electron chi connectivity index (χ4n) is 2.68. The van der Waals surface area contributed by atoms with Gasteiger partial charge in [-0.25, -0.2) is 14.5 Å². The Bertz CT molecular complexity index is 1020. The van der Waals surface area contributed by atoms with E-state index in [0.29, 0.717) is 17.3 Å². The van der Waals surface area contributed by atoms with Crippen LogP contribution in [0.25, 0.3) is 16.4 Å². The summed E-state index contributed by atoms with van der Waals surface area (Å²) < 4.78 is 7.41. The minimum Gasteiger partial charge on any atom is -0.441 e. The molecule has 1 aromatic carbocycles. The highest BCUT2D eigenvalue weighted by molar-refractivity contribution is 7.14. The SMILES string of the molecule is Cc1oc(-c2ccccc2)nc1CC(=O)N[C@H](C)c1cn2ncsc2n1. The molecule has 0 radical (unpaired) electrons. The van der Waals surface area contributed by atoms with E-state index in [1.165, 1.54) is 11.3 Å². The van der Waals surface area contributed by atoms with Gasteiger partial charge in [-0.3, -0.25) is 4.79 Å². The second kappa shape index (κ2) is 6.72. The molecule has 0 saturated carbocycles. The van der Waals surface area contributed by atoms with Gasteiger partial charge in [-0.2, -0.15) is 5.10 Å². The molecule has 8 heteroatoms. The molecule has 0 aliphatic heterocycles. The topological polar surface area (TPSA) is 85.3 Å². The van der Waals surface area contributed by atoms with Gasteiger partial charge in [0.05, 0.1) is 30.0 Å². The number of nitrogens with zero attached hydrogens (tertiary/aromatic N) is 4. The number of fused-ring (bicyclic) bond motifs is 1. The van der Waals surface area contributed by atoms with E-state index in [1.54, 1.807) is 10.0 Å². The van der Waals surface area contributed by atoms with Crippen molar-refractivity contribution in [2.45, 2.75) is 26.3 Å². The molecule has 1 N–H and O–H groups in total. The van der Waals surface area contributed by atoms with Gasteiger partial charge in [0.2, 0.25) is 16.8 Å². The number of imidazole rings is 1. The van der Waals surface area contributed by atoms with Gasteiger partial charge in [0, 0.05) is 5.56 Å². The number of benzene rings is 1. The van der Waals surface area contributed by atoms with Crippen LogP contribution in [0.4, 0.5) is 0 Å². The number of hydrogen-bond acceptors (Lipinski definition) is 6. The monoisotopic (exact) mass is 367 g/mol. The number of aromatic nitrogens is 4. The van der Waals surface area contributed by atoms with Crippen LogP contribution in [-0.2, 0) is 11.2 Å². The lowest BCUT2D eigenvalue weighted by molar-refractivity contribution is -0.121. The zero-order valence-corrected chi connectivity index (χ0v) is 15.2.